The molecule has 492 valence electrons. The van der Waals surface area contributed by atoms with E-state index in [1.54, 1.807) is 28.0 Å². The first-order chi connectivity index (χ1) is 45.7. The maximum atomic E-state index is 14.0. The fourth-order valence-electron chi connectivity index (χ4n) is 13.2. The molecule has 0 radical (unpaired) electrons. The van der Waals surface area contributed by atoms with Gasteiger partial charge in [0.2, 0.25) is 0 Å². The Balaban J connectivity index is 0.000000114. The summed E-state index contributed by atoms with van der Waals surface area (Å²) in [5.74, 6) is 1.03. The second-order valence-corrected chi connectivity index (χ2v) is 27.8. The number of hydrogen-bond acceptors (Lipinski definition) is 9. The Kier molecular flexibility index (Phi) is 19.8. The Labute approximate surface area is 565 Å². The average Bonchev–Trinajstić information content (AvgIpc) is 1.69. The van der Waals surface area contributed by atoms with Gasteiger partial charge in [0.05, 0.1) is 64.8 Å². The van der Waals surface area contributed by atoms with Crippen LogP contribution in [0.15, 0.2) is 87.9 Å². The third-order valence-corrected chi connectivity index (χ3v) is 21.0. The van der Waals surface area contributed by atoms with Crippen LogP contribution in [-0.4, -0.2) is 116 Å². The van der Waals surface area contributed by atoms with Crippen molar-refractivity contribution in [2.75, 3.05) is 47.4 Å². The van der Waals surface area contributed by atoms with E-state index in [1.807, 2.05) is 65.3 Å². The van der Waals surface area contributed by atoms with Crippen LogP contribution in [0.25, 0.3) is 0 Å². The lowest BCUT2D eigenvalue weighted by Gasteiger charge is -2.30. The van der Waals surface area contributed by atoms with Gasteiger partial charge < -0.3 is 40.9 Å². The van der Waals surface area contributed by atoms with Crippen LogP contribution < -0.4 is 21.3 Å². The van der Waals surface area contributed by atoms with Crippen molar-refractivity contribution >= 4 is 90.3 Å². The SMILES string of the molecule is Cc1cccc(NC(=O)N2CCc3[nH]nc(C4CCC4)c3C2)c1.O=C(Nc1cccc(Br)c1)N1CCc2[nH]nc(C3CCC3)c2C1.O=C(Nc1cccc(Br)c1F)N1CCc2[nH]nc(C3CCC3)c2C1.O=C(Nc1ccnc(Cl)c1F)N1CCc2[nH]nc(C3CCC3)c2C1. The largest absolute Gasteiger partial charge is 0.322 e. The number of fused-ring (bicyclic) bond motifs is 4. The highest BCUT2D eigenvalue weighted by atomic mass is 79.9. The predicted molar refractivity (Wildman–Crippen MR) is 362 cm³/mol. The summed E-state index contributed by atoms with van der Waals surface area (Å²) in [5.41, 5.74) is 17.0. The number of carbonyl (C=O) groups is 4. The van der Waals surface area contributed by atoms with E-state index in [2.05, 4.69) is 98.9 Å². The zero-order valence-electron chi connectivity index (χ0n) is 52.3. The number of rotatable bonds is 8. The molecule has 8 N–H and O–H groups in total. The minimum absolute atomic E-state index is 0.0259. The van der Waals surface area contributed by atoms with Crippen molar-refractivity contribution in [3.05, 3.63) is 178 Å². The third-order valence-electron chi connectivity index (χ3n) is 19.6. The molecule has 94 heavy (non-hydrogen) atoms. The first kappa shape index (κ1) is 64.5. The average molecular weight is 1430 g/mol. The molecule has 3 aromatic carbocycles. The quantitative estimate of drug-likeness (QED) is 0.0672. The zero-order valence-corrected chi connectivity index (χ0v) is 56.3. The summed E-state index contributed by atoms with van der Waals surface area (Å²) in [7, 11) is 0. The van der Waals surface area contributed by atoms with Crippen molar-refractivity contribution < 1.29 is 28.0 Å². The van der Waals surface area contributed by atoms with Gasteiger partial charge in [-0.25, -0.2) is 32.9 Å². The van der Waals surface area contributed by atoms with Crippen molar-refractivity contribution in [3.63, 3.8) is 0 Å². The molecule has 9 heterocycles. The van der Waals surface area contributed by atoms with Crippen LogP contribution in [0.1, 0.15) is 174 Å². The molecule has 21 nitrogen and oxygen atoms in total. The van der Waals surface area contributed by atoms with Gasteiger partial charge in [-0.15, -0.1) is 0 Å². The summed E-state index contributed by atoms with van der Waals surface area (Å²) in [6.07, 6.45) is 19.2. The molecule has 8 aromatic rings. The monoisotopic (exact) mass is 1430 g/mol. The fraction of sp³-hybridized carbons (Fsp3) is 0.426. The van der Waals surface area contributed by atoms with E-state index >= 15 is 0 Å². The number of nitrogens with zero attached hydrogens (tertiary/aromatic N) is 9. The zero-order chi connectivity index (χ0) is 65.0. The highest BCUT2D eigenvalue weighted by molar-refractivity contribution is 9.10. The molecule has 0 spiro atoms. The smallest absolute Gasteiger partial charge is 0.320 e. The molecule has 26 heteroatoms. The number of H-pyrrole nitrogens is 4. The van der Waals surface area contributed by atoms with E-state index < -0.39 is 11.6 Å². The summed E-state index contributed by atoms with van der Waals surface area (Å²) < 4.78 is 29.2. The van der Waals surface area contributed by atoms with Crippen molar-refractivity contribution in [2.45, 2.75) is 160 Å². The van der Waals surface area contributed by atoms with Crippen molar-refractivity contribution in [2.24, 2.45) is 0 Å². The standard InChI is InChI=1S/C18H22N4O.C17H18BrFN4O.C17H19BrN4O.C16H17ClFN5O/c1-12-4-2-7-14(10-12)19-18(23)22-9-8-16-15(11-22)17(21-20-16)13-5-3-6-13;18-12-5-2-6-14(15(12)19)20-17(24)23-8-7-13-11(9-23)16(22-21-13)10-3-1-4-10;18-12-5-2-6-13(9-12)19-17(23)22-8-7-15-14(10-22)16(21-20-15)11-3-1-4-11;17-15-13(18)12(4-6-19-15)20-16(24)23-7-5-11-10(8-23)14(22-21-11)9-2-1-3-9/h2,4,7,10,13H,3,5-6,8-9,11H2,1H3,(H,19,23)(H,20,21);2,5-6,10H,1,3-4,7-9H2,(H,20,24)(H,21,22);2,5-6,9,11H,1,3-4,7-8,10H2,(H,19,23)(H,20,21);4,6,9H,1-3,5,7-8H2,(H,21,22)(H,19,20,24). The van der Waals surface area contributed by atoms with Crippen LogP contribution in [0, 0.1) is 18.6 Å². The Bertz CT molecular complexity index is 3820. The topological polar surface area (TPSA) is 257 Å². The van der Waals surface area contributed by atoms with Crippen LogP contribution >= 0.6 is 43.5 Å². The molecule has 0 unspecified atom stereocenters. The maximum absolute atomic E-state index is 14.0. The first-order valence-electron chi connectivity index (χ1n) is 32.7. The number of aromatic nitrogens is 9. The Morgan fingerprint density at radius 3 is 1.21 bits per heavy atom. The number of anilines is 4. The van der Waals surface area contributed by atoms with Crippen LogP contribution in [0.4, 0.5) is 50.7 Å². The Morgan fingerprint density at radius 2 is 0.840 bits per heavy atom. The van der Waals surface area contributed by atoms with Crippen LogP contribution in [0.3, 0.4) is 0 Å². The molecule has 16 rings (SSSR count). The lowest BCUT2D eigenvalue weighted by Crippen LogP contribution is -2.39. The number of hydrogen-bond donors (Lipinski definition) is 8. The number of urea groups is 4. The minimum Gasteiger partial charge on any atom is -0.320 e. The van der Waals surface area contributed by atoms with E-state index in [-0.39, 0.29) is 40.7 Å². The molecule has 4 aliphatic carbocycles. The van der Waals surface area contributed by atoms with Gasteiger partial charge in [-0.3, -0.25) is 20.4 Å². The van der Waals surface area contributed by atoms with E-state index in [0.717, 1.165) is 107 Å². The molecule has 8 aliphatic rings. The molecule has 0 bridgehead atoms. The van der Waals surface area contributed by atoms with Gasteiger partial charge in [0.25, 0.3) is 0 Å². The summed E-state index contributed by atoms with van der Waals surface area (Å²) in [6, 6.07) is 21.1. The Morgan fingerprint density at radius 1 is 0.479 bits per heavy atom. The molecule has 4 saturated carbocycles. The second-order valence-electron chi connectivity index (χ2n) is 25.6. The van der Waals surface area contributed by atoms with E-state index in [1.165, 1.54) is 110 Å². The van der Waals surface area contributed by atoms with E-state index in [4.69, 9.17) is 11.6 Å². The second kappa shape index (κ2) is 28.8. The summed E-state index contributed by atoms with van der Waals surface area (Å²) in [6.45, 7) is 6.97. The van der Waals surface area contributed by atoms with Crippen LogP contribution in [0.2, 0.25) is 5.15 Å². The fourth-order valence-corrected chi connectivity index (χ4v) is 14.2. The molecule has 0 saturated heterocycles. The normalized spacial score (nSPS) is 17.4. The summed E-state index contributed by atoms with van der Waals surface area (Å²) >= 11 is 12.2. The number of aryl methyl sites for hydroxylation is 1. The van der Waals surface area contributed by atoms with Gasteiger partial charge in [0, 0.05) is 143 Å². The van der Waals surface area contributed by atoms with Crippen LogP contribution in [0.5, 0.6) is 0 Å². The van der Waals surface area contributed by atoms with Gasteiger partial charge in [-0.1, -0.05) is 77.5 Å². The van der Waals surface area contributed by atoms with Gasteiger partial charge in [0.1, 0.15) is 0 Å². The lowest BCUT2D eigenvalue weighted by molar-refractivity contribution is 0.205. The Hall–Kier alpha value is -8.16. The number of nitrogens with one attached hydrogen (secondary N) is 8. The molecule has 5 aromatic heterocycles. The minimum atomic E-state index is -0.719. The maximum Gasteiger partial charge on any atom is 0.322 e. The summed E-state index contributed by atoms with van der Waals surface area (Å²) in [5, 5.41) is 41.6. The summed E-state index contributed by atoms with van der Waals surface area (Å²) in [4.78, 5) is 60.9. The van der Waals surface area contributed by atoms with Crippen molar-refractivity contribution in [1.82, 2.24) is 65.4 Å². The number of aromatic amines is 4. The molecular formula is C68H76Br2ClF2N17O4. The molecule has 0 atom stereocenters. The van der Waals surface area contributed by atoms with E-state index in [0.29, 0.717) is 67.4 Å². The lowest BCUT2D eigenvalue weighted by atomic mass is 9.81. The third kappa shape index (κ3) is 14.4. The number of amides is 8. The number of benzene rings is 3. The highest BCUT2D eigenvalue weighted by Gasteiger charge is 2.36. The predicted octanol–water partition coefficient (Wildman–Crippen LogP) is 15.2. The van der Waals surface area contributed by atoms with Gasteiger partial charge in [-0.2, -0.15) is 20.4 Å². The van der Waals surface area contributed by atoms with Gasteiger partial charge in [-0.05, 0) is 128 Å². The number of pyridine rings is 1. The molecule has 4 aliphatic heterocycles. The number of carbonyl (C=O) groups excluding carboxylic acids is 4. The molecule has 8 amide bonds. The van der Waals surface area contributed by atoms with Gasteiger partial charge >= 0.3 is 24.1 Å². The number of halogens is 5. The highest BCUT2D eigenvalue weighted by Crippen LogP contribution is 2.43. The molecule has 4 fully saturated rings. The first-order valence-corrected chi connectivity index (χ1v) is 34.7. The van der Waals surface area contributed by atoms with Crippen molar-refractivity contribution in [3.8, 4) is 0 Å². The van der Waals surface area contributed by atoms with E-state index in [9.17, 15) is 28.0 Å². The van der Waals surface area contributed by atoms with Gasteiger partial charge in [0.15, 0.2) is 16.8 Å². The van der Waals surface area contributed by atoms with Crippen molar-refractivity contribution in [1.29, 1.82) is 0 Å². The molecular weight excluding hydrogens is 1350 g/mol. The van der Waals surface area contributed by atoms with Crippen LogP contribution in [-0.2, 0) is 51.9 Å².